The number of carbonyl (C=O) groups excluding carboxylic acids is 1. The minimum absolute atomic E-state index is 0.179. The lowest BCUT2D eigenvalue weighted by Gasteiger charge is -2.11. The summed E-state index contributed by atoms with van der Waals surface area (Å²) in [4.78, 5) is 11.6. The number of nitriles is 1. The number of nitrogens with zero attached hydrogens (tertiary/aromatic N) is 1. The van der Waals surface area contributed by atoms with Gasteiger partial charge >= 0.3 is 0 Å². The van der Waals surface area contributed by atoms with Gasteiger partial charge in [-0.05, 0) is 12.1 Å². The molecule has 1 amide bonds. The summed E-state index contributed by atoms with van der Waals surface area (Å²) in [6.07, 6.45) is 0. The first kappa shape index (κ1) is 14.2. The number of methoxy groups -OCH3 is 2. The fraction of sp³-hybridized carbons (Fsp3) is 0.333. The van der Waals surface area contributed by atoms with Gasteiger partial charge < -0.3 is 14.8 Å². The number of nitrogens with one attached hydrogen (secondary N) is 1. The summed E-state index contributed by atoms with van der Waals surface area (Å²) >= 11 is 1.26. The largest absolute Gasteiger partial charge is 0.497 e. The fourth-order valence-corrected chi connectivity index (χ4v) is 1.74. The second-order valence-corrected chi connectivity index (χ2v) is 4.25. The van der Waals surface area contributed by atoms with E-state index in [0.717, 1.165) is 0 Å². The summed E-state index contributed by atoms with van der Waals surface area (Å²) in [5.74, 6) is 1.54. The molecule has 5 nitrogen and oxygen atoms in total. The lowest BCUT2D eigenvalue weighted by molar-refractivity contribution is -0.113. The first-order chi connectivity index (χ1) is 8.71. The van der Waals surface area contributed by atoms with Crippen molar-refractivity contribution in [2.24, 2.45) is 0 Å². The maximum Gasteiger partial charge on any atom is 0.234 e. The van der Waals surface area contributed by atoms with Crippen LogP contribution in [-0.2, 0) is 4.79 Å². The summed E-state index contributed by atoms with van der Waals surface area (Å²) < 4.78 is 10.2. The molecule has 0 aliphatic carbocycles. The van der Waals surface area contributed by atoms with E-state index in [1.165, 1.54) is 18.9 Å². The Morgan fingerprint density at radius 3 is 2.83 bits per heavy atom. The van der Waals surface area contributed by atoms with E-state index in [1.54, 1.807) is 25.3 Å². The Balaban J connectivity index is 2.70. The summed E-state index contributed by atoms with van der Waals surface area (Å²) in [5.41, 5.74) is 0.555. The Hall–Kier alpha value is -1.87. The number of amides is 1. The summed E-state index contributed by atoms with van der Waals surface area (Å²) in [6.45, 7) is 0. The number of hydrogen-bond donors (Lipinski definition) is 1. The predicted molar refractivity (Wildman–Crippen MR) is 71.1 cm³/mol. The zero-order valence-electron chi connectivity index (χ0n) is 10.2. The smallest absolute Gasteiger partial charge is 0.234 e. The van der Waals surface area contributed by atoms with E-state index in [9.17, 15) is 4.79 Å². The number of carbonyl (C=O) groups is 1. The zero-order valence-corrected chi connectivity index (χ0v) is 11.0. The van der Waals surface area contributed by atoms with Crippen molar-refractivity contribution in [1.82, 2.24) is 0 Å². The molecule has 1 aromatic carbocycles. The number of anilines is 1. The van der Waals surface area contributed by atoms with Crippen molar-refractivity contribution < 1.29 is 14.3 Å². The van der Waals surface area contributed by atoms with Crippen LogP contribution in [0.15, 0.2) is 18.2 Å². The molecule has 0 fully saturated rings. The maximum absolute atomic E-state index is 11.6. The molecule has 0 saturated heterocycles. The molecule has 0 atom stereocenters. The van der Waals surface area contributed by atoms with Gasteiger partial charge in [0.05, 0.1) is 37.5 Å². The van der Waals surface area contributed by atoms with Gasteiger partial charge in [0.15, 0.2) is 0 Å². The minimum atomic E-state index is -0.179. The lowest BCUT2D eigenvalue weighted by atomic mass is 10.2. The van der Waals surface area contributed by atoms with E-state index in [2.05, 4.69) is 5.32 Å². The van der Waals surface area contributed by atoms with Crippen molar-refractivity contribution >= 4 is 23.4 Å². The van der Waals surface area contributed by atoms with Gasteiger partial charge in [-0.3, -0.25) is 4.79 Å². The van der Waals surface area contributed by atoms with Gasteiger partial charge in [-0.2, -0.15) is 5.26 Å². The molecule has 1 N–H and O–H groups in total. The Morgan fingerprint density at radius 2 is 2.22 bits per heavy atom. The van der Waals surface area contributed by atoms with Gasteiger partial charge in [-0.1, -0.05) is 0 Å². The van der Waals surface area contributed by atoms with E-state index in [-0.39, 0.29) is 11.7 Å². The van der Waals surface area contributed by atoms with Crippen LogP contribution in [0.4, 0.5) is 5.69 Å². The number of hydrogen-bond acceptors (Lipinski definition) is 5. The van der Waals surface area contributed by atoms with Crippen LogP contribution in [0.25, 0.3) is 0 Å². The van der Waals surface area contributed by atoms with Crippen LogP contribution in [0.5, 0.6) is 11.5 Å². The Morgan fingerprint density at radius 1 is 1.44 bits per heavy atom. The van der Waals surface area contributed by atoms with Crippen LogP contribution >= 0.6 is 11.8 Å². The normalized spacial score (nSPS) is 9.39. The van der Waals surface area contributed by atoms with E-state index in [4.69, 9.17) is 14.7 Å². The van der Waals surface area contributed by atoms with E-state index in [1.807, 2.05) is 6.07 Å². The first-order valence-electron chi connectivity index (χ1n) is 5.17. The Labute approximate surface area is 110 Å². The molecule has 0 bridgehead atoms. The van der Waals surface area contributed by atoms with Gasteiger partial charge in [0.2, 0.25) is 5.91 Å². The lowest BCUT2D eigenvalue weighted by Crippen LogP contribution is -2.15. The highest BCUT2D eigenvalue weighted by Gasteiger charge is 2.08. The quantitative estimate of drug-likeness (QED) is 0.796. The standard InChI is InChI=1S/C12H14N2O3S/c1-16-9-3-4-11(17-2)10(7-9)14-12(15)8-18-6-5-13/h3-4,7H,6,8H2,1-2H3,(H,14,15). The summed E-state index contributed by atoms with van der Waals surface area (Å²) in [5, 5.41) is 11.1. The van der Waals surface area contributed by atoms with E-state index in [0.29, 0.717) is 22.9 Å². The van der Waals surface area contributed by atoms with Crippen LogP contribution in [0.1, 0.15) is 0 Å². The van der Waals surface area contributed by atoms with Crippen LogP contribution in [0, 0.1) is 11.3 Å². The number of ether oxygens (including phenoxy) is 2. The second kappa shape index (κ2) is 7.45. The number of thioether (sulfide) groups is 1. The fourth-order valence-electron chi connectivity index (χ4n) is 1.29. The van der Waals surface area contributed by atoms with Crippen molar-refractivity contribution in [3.8, 4) is 17.6 Å². The third-order valence-electron chi connectivity index (χ3n) is 2.08. The highest BCUT2D eigenvalue weighted by molar-refractivity contribution is 8.00. The molecule has 0 unspecified atom stereocenters. The highest BCUT2D eigenvalue weighted by atomic mass is 32.2. The zero-order chi connectivity index (χ0) is 13.4. The van der Waals surface area contributed by atoms with Crippen molar-refractivity contribution in [2.75, 3.05) is 31.0 Å². The van der Waals surface area contributed by atoms with Crippen LogP contribution < -0.4 is 14.8 Å². The molecular weight excluding hydrogens is 252 g/mol. The van der Waals surface area contributed by atoms with Crippen LogP contribution in [0.2, 0.25) is 0 Å². The van der Waals surface area contributed by atoms with Crippen LogP contribution in [0.3, 0.4) is 0 Å². The van der Waals surface area contributed by atoms with Crippen molar-refractivity contribution in [1.29, 1.82) is 5.26 Å². The highest BCUT2D eigenvalue weighted by Crippen LogP contribution is 2.28. The molecule has 1 rings (SSSR count). The second-order valence-electron chi connectivity index (χ2n) is 3.27. The van der Waals surface area contributed by atoms with Gasteiger partial charge in [-0.15, -0.1) is 11.8 Å². The molecule has 0 aliphatic heterocycles. The monoisotopic (exact) mass is 266 g/mol. The molecule has 0 aromatic heterocycles. The molecule has 6 heteroatoms. The topological polar surface area (TPSA) is 71.3 Å². The SMILES string of the molecule is COc1ccc(OC)c(NC(=O)CSCC#N)c1. The van der Waals surface area contributed by atoms with Crippen molar-refractivity contribution in [3.05, 3.63) is 18.2 Å². The summed E-state index contributed by atoms with van der Waals surface area (Å²) in [7, 11) is 3.08. The third kappa shape index (κ3) is 4.18. The third-order valence-corrected chi connectivity index (χ3v) is 2.88. The summed E-state index contributed by atoms with van der Waals surface area (Å²) in [6, 6.07) is 7.12. The van der Waals surface area contributed by atoms with Crippen molar-refractivity contribution in [3.63, 3.8) is 0 Å². The predicted octanol–water partition coefficient (Wildman–Crippen LogP) is 1.90. The van der Waals surface area contributed by atoms with E-state index >= 15 is 0 Å². The van der Waals surface area contributed by atoms with Gasteiger partial charge in [0.1, 0.15) is 11.5 Å². The molecule has 96 valence electrons. The average Bonchev–Trinajstić information content (AvgIpc) is 2.39. The molecule has 18 heavy (non-hydrogen) atoms. The molecule has 0 heterocycles. The molecular formula is C12H14N2O3S. The van der Waals surface area contributed by atoms with Gasteiger partial charge in [0, 0.05) is 6.07 Å². The maximum atomic E-state index is 11.6. The van der Waals surface area contributed by atoms with Crippen LogP contribution in [-0.4, -0.2) is 31.6 Å². The Kier molecular flexibility index (Phi) is 5.88. The molecule has 0 spiro atoms. The first-order valence-corrected chi connectivity index (χ1v) is 6.33. The van der Waals surface area contributed by atoms with Gasteiger partial charge in [-0.25, -0.2) is 0 Å². The average molecular weight is 266 g/mol. The van der Waals surface area contributed by atoms with E-state index < -0.39 is 0 Å². The number of rotatable bonds is 6. The Bertz CT molecular complexity index is 457. The molecule has 0 saturated carbocycles. The van der Waals surface area contributed by atoms with Crippen molar-refractivity contribution in [2.45, 2.75) is 0 Å². The molecule has 1 aromatic rings. The molecule has 0 aliphatic rings. The minimum Gasteiger partial charge on any atom is -0.497 e. The number of benzene rings is 1. The van der Waals surface area contributed by atoms with Gasteiger partial charge in [0.25, 0.3) is 0 Å². The molecule has 0 radical (unpaired) electrons.